The van der Waals surface area contributed by atoms with Gasteiger partial charge in [-0.15, -0.1) is 11.6 Å². The van der Waals surface area contributed by atoms with E-state index in [-0.39, 0.29) is 0 Å². The molecule has 0 aliphatic heterocycles. The van der Waals surface area contributed by atoms with Crippen LogP contribution in [0, 0.1) is 6.92 Å². The third kappa shape index (κ3) is 2.35. The van der Waals surface area contributed by atoms with Gasteiger partial charge in [0.25, 0.3) is 0 Å². The molecule has 0 saturated carbocycles. The van der Waals surface area contributed by atoms with Crippen LogP contribution in [0.3, 0.4) is 0 Å². The van der Waals surface area contributed by atoms with Crippen LogP contribution in [0.15, 0.2) is 18.2 Å². The molecule has 0 spiro atoms. The molecule has 1 aliphatic rings. The van der Waals surface area contributed by atoms with Crippen molar-refractivity contribution in [2.24, 2.45) is 0 Å². The molecule has 2 rings (SSSR count). The van der Waals surface area contributed by atoms with E-state index < -0.39 is 0 Å². The van der Waals surface area contributed by atoms with Gasteiger partial charge in [-0.2, -0.15) is 0 Å². The molecule has 82 valence electrons. The number of fused-ring (bicyclic) bond motifs is 1. The Balaban J connectivity index is 2.08. The summed E-state index contributed by atoms with van der Waals surface area (Å²) >= 11 is 5.77. The van der Waals surface area contributed by atoms with Crippen LogP contribution < -0.4 is 0 Å². The van der Waals surface area contributed by atoms with Crippen molar-refractivity contribution in [1.29, 1.82) is 0 Å². The summed E-state index contributed by atoms with van der Waals surface area (Å²) in [6.07, 6.45) is 2.37. The van der Waals surface area contributed by atoms with Gasteiger partial charge in [-0.05, 0) is 37.9 Å². The molecule has 1 aromatic carbocycles. The largest absolute Gasteiger partial charge is 0.302 e. The van der Waals surface area contributed by atoms with Crippen molar-refractivity contribution >= 4 is 11.6 Å². The van der Waals surface area contributed by atoms with Crippen molar-refractivity contribution in [3.05, 3.63) is 34.9 Å². The van der Waals surface area contributed by atoms with Gasteiger partial charge in [0.2, 0.25) is 0 Å². The Labute approximate surface area is 97.0 Å². The molecule has 1 aromatic rings. The summed E-state index contributed by atoms with van der Waals surface area (Å²) in [5.74, 6) is 0.725. The molecule has 0 N–H and O–H groups in total. The van der Waals surface area contributed by atoms with Crippen molar-refractivity contribution in [2.45, 2.75) is 25.8 Å². The summed E-state index contributed by atoms with van der Waals surface area (Å²) in [5, 5.41) is 0. The molecule has 15 heavy (non-hydrogen) atoms. The van der Waals surface area contributed by atoms with Crippen LogP contribution in [0.2, 0.25) is 0 Å². The number of halogens is 1. The predicted octanol–water partition coefficient (Wildman–Crippen LogP) is 2.63. The van der Waals surface area contributed by atoms with Crippen molar-refractivity contribution in [3.8, 4) is 0 Å². The van der Waals surface area contributed by atoms with Gasteiger partial charge in [0.1, 0.15) is 0 Å². The molecule has 0 bridgehead atoms. The lowest BCUT2D eigenvalue weighted by Gasteiger charge is -2.22. The normalized spacial score (nSPS) is 19.6. The van der Waals surface area contributed by atoms with Gasteiger partial charge in [-0.25, -0.2) is 0 Å². The first-order valence-electron chi connectivity index (χ1n) is 5.55. The van der Waals surface area contributed by atoms with E-state index in [2.05, 4.69) is 37.1 Å². The first kappa shape index (κ1) is 11.0. The standard InChI is InChI=1S/C13H18ClN/c1-10-3-4-11-8-13(9-12(11)7-10)15(2)6-5-14/h3-4,7,13H,5-6,8-9H2,1-2H3. The van der Waals surface area contributed by atoms with Crippen molar-refractivity contribution < 1.29 is 0 Å². The molecule has 0 amide bonds. The third-order valence-corrected chi connectivity index (χ3v) is 3.50. The first-order valence-corrected chi connectivity index (χ1v) is 6.09. The minimum Gasteiger partial charge on any atom is -0.302 e. The Morgan fingerprint density at radius 2 is 2.07 bits per heavy atom. The molecule has 0 saturated heterocycles. The number of alkyl halides is 1. The van der Waals surface area contributed by atoms with Gasteiger partial charge >= 0.3 is 0 Å². The van der Waals surface area contributed by atoms with Gasteiger partial charge < -0.3 is 4.90 Å². The number of benzene rings is 1. The van der Waals surface area contributed by atoms with E-state index in [9.17, 15) is 0 Å². The quantitative estimate of drug-likeness (QED) is 0.713. The average molecular weight is 224 g/mol. The van der Waals surface area contributed by atoms with Gasteiger partial charge in [0, 0.05) is 18.5 Å². The molecule has 1 nitrogen and oxygen atoms in total. The zero-order valence-electron chi connectivity index (χ0n) is 9.46. The molecule has 1 atom stereocenters. The highest BCUT2D eigenvalue weighted by molar-refractivity contribution is 6.18. The van der Waals surface area contributed by atoms with Crippen LogP contribution in [0.25, 0.3) is 0 Å². The Morgan fingerprint density at radius 1 is 1.33 bits per heavy atom. The highest BCUT2D eigenvalue weighted by Crippen LogP contribution is 2.25. The van der Waals surface area contributed by atoms with E-state index in [1.54, 1.807) is 0 Å². The number of likely N-dealkylation sites (N-methyl/N-ethyl adjacent to an activating group) is 1. The zero-order chi connectivity index (χ0) is 10.8. The van der Waals surface area contributed by atoms with Gasteiger partial charge in [-0.3, -0.25) is 0 Å². The van der Waals surface area contributed by atoms with Crippen molar-refractivity contribution in [1.82, 2.24) is 4.90 Å². The van der Waals surface area contributed by atoms with E-state index >= 15 is 0 Å². The van der Waals surface area contributed by atoms with E-state index in [1.807, 2.05) is 0 Å². The average Bonchev–Trinajstić information content (AvgIpc) is 2.60. The maximum atomic E-state index is 5.77. The van der Waals surface area contributed by atoms with Gasteiger partial charge in [0.15, 0.2) is 0 Å². The van der Waals surface area contributed by atoms with Crippen LogP contribution in [0.1, 0.15) is 16.7 Å². The fourth-order valence-corrected chi connectivity index (χ4v) is 2.62. The van der Waals surface area contributed by atoms with Crippen LogP contribution in [-0.4, -0.2) is 30.4 Å². The highest BCUT2D eigenvalue weighted by Gasteiger charge is 2.24. The van der Waals surface area contributed by atoms with E-state index in [0.717, 1.165) is 12.4 Å². The first-order chi connectivity index (χ1) is 7.20. The summed E-state index contributed by atoms with van der Waals surface area (Å²) < 4.78 is 0. The van der Waals surface area contributed by atoms with Crippen molar-refractivity contribution in [3.63, 3.8) is 0 Å². The summed E-state index contributed by atoms with van der Waals surface area (Å²) in [7, 11) is 2.17. The Kier molecular flexibility index (Phi) is 3.32. The molecular formula is C13H18ClN. The van der Waals surface area contributed by atoms with Gasteiger partial charge in [-0.1, -0.05) is 23.8 Å². The third-order valence-electron chi connectivity index (χ3n) is 3.33. The van der Waals surface area contributed by atoms with Crippen LogP contribution in [0.5, 0.6) is 0 Å². The predicted molar refractivity (Wildman–Crippen MR) is 65.7 cm³/mol. The fourth-order valence-electron chi connectivity index (χ4n) is 2.35. The SMILES string of the molecule is Cc1ccc2c(c1)CC(N(C)CCCl)C2. The lowest BCUT2D eigenvalue weighted by Crippen LogP contribution is -2.33. The fraction of sp³-hybridized carbons (Fsp3) is 0.538. The second-order valence-electron chi connectivity index (χ2n) is 4.50. The molecule has 0 heterocycles. The number of nitrogens with zero attached hydrogens (tertiary/aromatic N) is 1. The molecule has 0 aromatic heterocycles. The van der Waals surface area contributed by atoms with Crippen LogP contribution in [0.4, 0.5) is 0 Å². The number of hydrogen-bond acceptors (Lipinski definition) is 1. The highest BCUT2D eigenvalue weighted by atomic mass is 35.5. The van der Waals surface area contributed by atoms with E-state index in [0.29, 0.717) is 6.04 Å². The maximum absolute atomic E-state index is 5.77. The molecule has 1 unspecified atom stereocenters. The van der Waals surface area contributed by atoms with Gasteiger partial charge in [0.05, 0.1) is 0 Å². The number of aryl methyl sites for hydroxylation is 1. The van der Waals surface area contributed by atoms with E-state index in [1.165, 1.54) is 29.5 Å². The minimum absolute atomic E-state index is 0.653. The molecular weight excluding hydrogens is 206 g/mol. The van der Waals surface area contributed by atoms with Crippen molar-refractivity contribution in [2.75, 3.05) is 19.5 Å². The molecule has 2 heteroatoms. The van der Waals surface area contributed by atoms with Crippen LogP contribution in [-0.2, 0) is 12.8 Å². The number of rotatable bonds is 3. The number of hydrogen-bond donors (Lipinski definition) is 0. The topological polar surface area (TPSA) is 3.24 Å². The van der Waals surface area contributed by atoms with E-state index in [4.69, 9.17) is 11.6 Å². The molecule has 0 fully saturated rings. The smallest absolute Gasteiger partial charge is 0.0351 e. The molecule has 1 aliphatic carbocycles. The monoisotopic (exact) mass is 223 g/mol. The summed E-state index contributed by atoms with van der Waals surface area (Å²) in [5.41, 5.74) is 4.42. The Bertz CT molecular complexity index is 348. The Hall–Kier alpha value is -0.530. The summed E-state index contributed by atoms with van der Waals surface area (Å²) in [4.78, 5) is 2.38. The lowest BCUT2D eigenvalue weighted by atomic mass is 10.1. The summed E-state index contributed by atoms with van der Waals surface area (Å²) in [6.45, 7) is 3.15. The van der Waals surface area contributed by atoms with Crippen LogP contribution >= 0.6 is 11.6 Å². The summed E-state index contributed by atoms with van der Waals surface area (Å²) in [6, 6.07) is 7.46. The lowest BCUT2D eigenvalue weighted by molar-refractivity contribution is 0.263. The second-order valence-corrected chi connectivity index (χ2v) is 4.88. The Morgan fingerprint density at radius 3 is 2.80 bits per heavy atom. The molecule has 0 radical (unpaired) electrons. The zero-order valence-corrected chi connectivity index (χ0v) is 10.2. The second kappa shape index (κ2) is 4.54. The maximum Gasteiger partial charge on any atom is 0.0351 e. The minimum atomic E-state index is 0.653.